The van der Waals surface area contributed by atoms with Gasteiger partial charge in [0.05, 0.1) is 11.6 Å². The van der Waals surface area contributed by atoms with Crippen molar-refractivity contribution in [2.24, 2.45) is 0 Å². The minimum atomic E-state index is -0.462. The van der Waals surface area contributed by atoms with E-state index < -0.39 is 5.54 Å². The van der Waals surface area contributed by atoms with E-state index in [1.807, 2.05) is 26.8 Å². The molecule has 0 saturated carbocycles. The van der Waals surface area contributed by atoms with Crippen molar-refractivity contribution in [1.29, 1.82) is 5.26 Å². The molecule has 1 N–H and O–H groups in total. The van der Waals surface area contributed by atoms with Crippen LogP contribution < -0.4 is 5.32 Å². The summed E-state index contributed by atoms with van der Waals surface area (Å²) in [7, 11) is 0. The first-order valence-electron chi connectivity index (χ1n) is 6.04. The highest BCUT2D eigenvalue weighted by Crippen LogP contribution is 2.26. The van der Waals surface area contributed by atoms with E-state index in [2.05, 4.69) is 31.3 Å². The second kappa shape index (κ2) is 5.22. The number of nitrogens with zero attached hydrogens (tertiary/aromatic N) is 1. The van der Waals surface area contributed by atoms with Gasteiger partial charge in [-0.2, -0.15) is 5.26 Å². The number of carbonyl (C=O) groups excluding carboxylic acids is 1. The molecule has 0 atom stereocenters. The lowest BCUT2D eigenvalue weighted by atomic mass is 9.87. The Kier molecular flexibility index (Phi) is 4.13. The van der Waals surface area contributed by atoms with Crippen LogP contribution >= 0.6 is 0 Å². The second-order valence-electron chi connectivity index (χ2n) is 5.26. The van der Waals surface area contributed by atoms with E-state index >= 15 is 0 Å². The Morgan fingerprint density at radius 1 is 1.22 bits per heavy atom. The lowest BCUT2D eigenvalue weighted by Crippen LogP contribution is -2.41. The minimum Gasteiger partial charge on any atom is -0.346 e. The zero-order valence-electron chi connectivity index (χ0n) is 11.7. The number of hydrogen-bond acceptors (Lipinski definition) is 2. The zero-order valence-corrected chi connectivity index (χ0v) is 11.7. The van der Waals surface area contributed by atoms with E-state index in [1.54, 1.807) is 0 Å². The van der Waals surface area contributed by atoms with Crippen molar-refractivity contribution in [2.45, 2.75) is 46.6 Å². The molecule has 0 saturated heterocycles. The molecule has 0 heterocycles. The van der Waals surface area contributed by atoms with E-state index in [-0.39, 0.29) is 12.3 Å². The number of nitriles is 1. The first-order valence-corrected chi connectivity index (χ1v) is 6.04. The molecule has 0 aliphatic rings. The van der Waals surface area contributed by atoms with Gasteiger partial charge in [0.15, 0.2) is 0 Å². The average Bonchev–Trinajstić information content (AvgIpc) is 2.22. The molecule has 1 amide bonds. The Morgan fingerprint density at radius 2 is 1.78 bits per heavy atom. The predicted octanol–water partition coefficient (Wildman–Crippen LogP) is 2.88. The largest absolute Gasteiger partial charge is 0.346 e. The smallest absolute Gasteiger partial charge is 0.234 e. The summed E-state index contributed by atoms with van der Waals surface area (Å²) in [6.07, 6.45) is -0.104. The van der Waals surface area contributed by atoms with Crippen LogP contribution in [0.5, 0.6) is 0 Å². The number of hydrogen-bond donors (Lipinski definition) is 1. The summed E-state index contributed by atoms with van der Waals surface area (Å²) in [5.41, 5.74) is 4.24. The quantitative estimate of drug-likeness (QED) is 0.888. The van der Waals surface area contributed by atoms with Gasteiger partial charge in [0, 0.05) is 0 Å². The molecule has 1 rings (SSSR count). The monoisotopic (exact) mass is 244 g/mol. The molecule has 3 nitrogen and oxygen atoms in total. The Hall–Kier alpha value is -1.82. The normalized spacial score (nSPS) is 10.9. The van der Waals surface area contributed by atoms with Gasteiger partial charge in [-0.05, 0) is 56.9 Å². The van der Waals surface area contributed by atoms with Gasteiger partial charge >= 0.3 is 0 Å². The Balaban J connectivity index is 3.09. The molecule has 0 aliphatic heterocycles. The van der Waals surface area contributed by atoms with Crippen molar-refractivity contribution in [3.05, 3.63) is 34.4 Å². The van der Waals surface area contributed by atoms with Gasteiger partial charge in [-0.1, -0.05) is 12.1 Å². The van der Waals surface area contributed by atoms with Crippen LogP contribution in [0.4, 0.5) is 0 Å². The highest BCUT2D eigenvalue weighted by atomic mass is 16.1. The zero-order chi connectivity index (χ0) is 13.9. The van der Waals surface area contributed by atoms with Crippen LogP contribution in [-0.2, 0) is 10.3 Å². The van der Waals surface area contributed by atoms with Crippen molar-refractivity contribution in [2.75, 3.05) is 0 Å². The molecule has 0 unspecified atom stereocenters. The highest BCUT2D eigenvalue weighted by molar-refractivity contribution is 5.79. The summed E-state index contributed by atoms with van der Waals surface area (Å²) in [6.45, 7) is 10.1. The Bertz CT molecular complexity index is 510. The van der Waals surface area contributed by atoms with Crippen LogP contribution in [0.2, 0.25) is 0 Å². The molecule has 0 radical (unpaired) electrons. The van der Waals surface area contributed by atoms with Crippen LogP contribution in [0.3, 0.4) is 0 Å². The van der Waals surface area contributed by atoms with Gasteiger partial charge in [-0.15, -0.1) is 0 Å². The molecule has 18 heavy (non-hydrogen) atoms. The number of nitrogens with one attached hydrogen (secondary N) is 1. The summed E-state index contributed by atoms with van der Waals surface area (Å²) in [5, 5.41) is 11.4. The Morgan fingerprint density at radius 3 is 2.33 bits per heavy atom. The van der Waals surface area contributed by atoms with Crippen LogP contribution in [-0.4, -0.2) is 5.91 Å². The molecule has 0 bridgehead atoms. The van der Waals surface area contributed by atoms with Crippen molar-refractivity contribution >= 4 is 5.91 Å². The standard InChI is InChI=1S/C15H20N2O/c1-10-8-12(3)13(9-11(10)2)15(4,5)17-14(18)6-7-16/h8-9H,6H2,1-5H3,(H,17,18). The summed E-state index contributed by atoms with van der Waals surface area (Å²) in [4.78, 5) is 11.6. The molecule has 0 spiro atoms. The van der Waals surface area contributed by atoms with E-state index in [9.17, 15) is 4.79 Å². The maximum Gasteiger partial charge on any atom is 0.234 e. The molecule has 0 fully saturated rings. The van der Waals surface area contributed by atoms with Crippen LogP contribution in [0.15, 0.2) is 12.1 Å². The Labute approximate surface area is 109 Å². The van der Waals surface area contributed by atoms with E-state index in [0.29, 0.717) is 0 Å². The highest BCUT2D eigenvalue weighted by Gasteiger charge is 2.24. The molecule has 1 aromatic rings. The third kappa shape index (κ3) is 3.10. The van der Waals surface area contributed by atoms with E-state index in [1.165, 1.54) is 11.1 Å². The fraction of sp³-hybridized carbons (Fsp3) is 0.467. The maximum atomic E-state index is 11.6. The SMILES string of the molecule is Cc1cc(C)c(C(C)(C)NC(=O)CC#N)cc1C. The first-order chi connectivity index (χ1) is 8.27. The number of rotatable bonds is 3. The fourth-order valence-corrected chi connectivity index (χ4v) is 2.17. The summed E-state index contributed by atoms with van der Waals surface area (Å²) >= 11 is 0. The number of carbonyl (C=O) groups is 1. The van der Waals surface area contributed by atoms with Gasteiger partial charge in [-0.25, -0.2) is 0 Å². The van der Waals surface area contributed by atoms with Crippen LogP contribution in [0.25, 0.3) is 0 Å². The van der Waals surface area contributed by atoms with E-state index in [0.717, 1.165) is 11.1 Å². The minimum absolute atomic E-state index is 0.104. The molecule has 0 aromatic heterocycles. The second-order valence-corrected chi connectivity index (χ2v) is 5.26. The van der Waals surface area contributed by atoms with Crippen molar-refractivity contribution < 1.29 is 4.79 Å². The molecule has 96 valence electrons. The summed E-state index contributed by atoms with van der Waals surface area (Å²) < 4.78 is 0. The summed E-state index contributed by atoms with van der Waals surface area (Å²) in [6, 6.07) is 6.10. The van der Waals surface area contributed by atoms with Crippen LogP contribution in [0, 0.1) is 32.1 Å². The molecule has 0 aliphatic carbocycles. The predicted molar refractivity (Wildman–Crippen MR) is 72.1 cm³/mol. The molecular weight excluding hydrogens is 224 g/mol. The third-order valence-electron chi connectivity index (χ3n) is 3.21. The number of aryl methyl sites for hydroxylation is 3. The van der Waals surface area contributed by atoms with E-state index in [4.69, 9.17) is 5.26 Å². The van der Waals surface area contributed by atoms with Gasteiger partial charge in [0.2, 0.25) is 5.91 Å². The fourth-order valence-electron chi connectivity index (χ4n) is 2.17. The van der Waals surface area contributed by atoms with Gasteiger partial charge in [0.1, 0.15) is 6.42 Å². The van der Waals surface area contributed by atoms with Crippen molar-refractivity contribution in [1.82, 2.24) is 5.32 Å². The van der Waals surface area contributed by atoms with Gasteiger partial charge < -0.3 is 5.32 Å². The van der Waals surface area contributed by atoms with Gasteiger partial charge in [0.25, 0.3) is 0 Å². The lowest BCUT2D eigenvalue weighted by Gasteiger charge is -2.29. The first kappa shape index (κ1) is 14.2. The van der Waals surface area contributed by atoms with Gasteiger partial charge in [-0.3, -0.25) is 4.79 Å². The van der Waals surface area contributed by atoms with Crippen molar-refractivity contribution in [3.8, 4) is 6.07 Å². The summed E-state index contributed by atoms with van der Waals surface area (Å²) in [5.74, 6) is -0.236. The molecule has 1 aromatic carbocycles. The average molecular weight is 244 g/mol. The third-order valence-corrected chi connectivity index (χ3v) is 3.21. The van der Waals surface area contributed by atoms with Crippen molar-refractivity contribution in [3.63, 3.8) is 0 Å². The van der Waals surface area contributed by atoms with Crippen LogP contribution in [0.1, 0.15) is 42.5 Å². The molecular formula is C15H20N2O. The molecule has 3 heteroatoms. The topological polar surface area (TPSA) is 52.9 Å². The number of benzene rings is 1. The number of amides is 1. The maximum absolute atomic E-state index is 11.6. The lowest BCUT2D eigenvalue weighted by molar-refractivity contribution is -0.121.